The Kier molecular flexibility index (Phi) is 3.44. The van der Waals surface area contributed by atoms with Crippen LogP contribution < -0.4 is 5.32 Å². The molecule has 18 heavy (non-hydrogen) atoms. The van der Waals surface area contributed by atoms with Crippen LogP contribution in [0.4, 0.5) is 0 Å². The highest BCUT2D eigenvalue weighted by molar-refractivity contribution is 5.01. The van der Waals surface area contributed by atoms with Crippen LogP contribution in [0.2, 0.25) is 0 Å². The Morgan fingerprint density at radius 3 is 2.67 bits per heavy atom. The number of hydrogen-bond acceptors (Lipinski definition) is 2. The lowest BCUT2D eigenvalue weighted by Gasteiger charge is -2.47. The van der Waals surface area contributed by atoms with Gasteiger partial charge >= 0.3 is 0 Å². The predicted octanol–water partition coefficient (Wildman–Crippen LogP) is 3.03. The number of fused-ring (bicyclic) bond motifs is 2. The van der Waals surface area contributed by atoms with Crippen molar-refractivity contribution in [1.29, 1.82) is 0 Å². The Bertz CT molecular complexity index is 299. The Labute approximate surface area is 113 Å². The van der Waals surface area contributed by atoms with Crippen molar-refractivity contribution < 1.29 is 0 Å². The van der Waals surface area contributed by atoms with Gasteiger partial charge in [-0.25, -0.2) is 0 Å². The third-order valence-corrected chi connectivity index (χ3v) is 5.70. The summed E-state index contributed by atoms with van der Waals surface area (Å²) in [6.07, 6.45) is 8.63. The molecular weight excluding hydrogens is 220 g/mol. The second kappa shape index (κ2) is 4.79. The van der Waals surface area contributed by atoms with Crippen molar-refractivity contribution in [3.8, 4) is 0 Å². The first-order valence-electron chi connectivity index (χ1n) is 8.08. The molecule has 1 N–H and O–H groups in total. The average molecular weight is 250 g/mol. The van der Waals surface area contributed by atoms with E-state index in [4.69, 9.17) is 0 Å². The van der Waals surface area contributed by atoms with E-state index in [1.165, 1.54) is 45.1 Å². The fraction of sp³-hybridized carbons (Fsp3) is 1.00. The van der Waals surface area contributed by atoms with Gasteiger partial charge in [-0.1, -0.05) is 20.8 Å². The quantitative estimate of drug-likeness (QED) is 0.828. The molecule has 0 aromatic heterocycles. The molecule has 2 heteroatoms. The van der Waals surface area contributed by atoms with Crippen LogP contribution >= 0.6 is 0 Å². The van der Waals surface area contributed by atoms with Gasteiger partial charge in [0.2, 0.25) is 0 Å². The van der Waals surface area contributed by atoms with Gasteiger partial charge in [-0.05, 0) is 56.4 Å². The zero-order valence-electron chi connectivity index (χ0n) is 12.4. The van der Waals surface area contributed by atoms with Gasteiger partial charge in [-0.15, -0.1) is 0 Å². The zero-order valence-corrected chi connectivity index (χ0v) is 12.4. The number of likely N-dealkylation sites (tertiary alicyclic amines) is 1. The third-order valence-electron chi connectivity index (χ3n) is 5.70. The molecular formula is C16H30N2. The number of nitrogens with zero attached hydrogens (tertiary/aromatic N) is 1. The summed E-state index contributed by atoms with van der Waals surface area (Å²) < 4.78 is 0. The van der Waals surface area contributed by atoms with Crippen LogP contribution in [-0.4, -0.2) is 36.1 Å². The molecule has 2 aliphatic carbocycles. The van der Waals surface area contributed by atoms with Crippen molar-refractivity contribution in [2.45, 2.75) is 77.4 Å². The normalized spacial score (nSPS) is 43.5. The molecule has 2 bridgehead atoms. The number of hydrogen-bond donors (Lipinski definition) is 1. The number of rotatable bonds is 3. The zero-order chi connectivity index (χ0) is 12.8. The average Bonchev–Trinajstić information content (AvgIpc) is 2.93. The Morgan fingerprint density at radius 2 is 2.06 bits per heavy atom. The number of nitrogens with one attached hydrogen (secondary N) is 1. The summed E-state index contributed by atoms with van der Waals surface area (Å²) in [5, 5.41) is 3.77. The fourth-order valence-electron chi connectivity index (χ4n) is 4.77. The highest BCUT2D eigenvalue weighted by Crippen LogP contribution is 2.44. The first kappa shape index (κ1) is 12.9. The second-order valence-electron chi connectivity index (χ2n) is 7.67. The van der Waals surface area contributed by atoms with E-state index in [-0.39, 0.29) is 0 Å². The Balaban J connectivity index is 1.73. The van der Waals surface area contributed by atoms with E-state index in [0.717, 1.165) is 30.6 Å². The molecule has 4 unspecified atom stereocenters. The van der Waals surface area contributed by atoms with Crippen LogP contribution in [-0.2, 0) is 0 Å². The first-order valence-corrected chi connectivity index (χ1v) is 8.08. The Morgan fingerprint density at radius 1 is 1.22 bits per heavy atom. The maximum Gasteiger partial charge on any atom is 0.0257 e. The molecule has 104 valence electrons. The molecule has 1 heterocycles. The minimum atomic E-state index is 0.554. The number of piperidine rings is 1. The molecule has 3 aliphatic rings. The maximum absolute atomic E-state index is 3.77. The second-order valence-corrected chi connectivity index (χ2v) is 7.67. The molecule has 2 nitrogen and oxygen atoms in total. The van der Waals surface area contributed by atoms with E-state index in [0.29, 0.717) is 5.41 Å². The topological polar surface area (TPSA) is 15.3 Å². The van der Waals surface area contributed by atoms with Gasteiger partial charge in [0.25, 0.3) is 0 Å². The third kappa shape index (κ3) is 2.34. The monoisotopic (exact) mass is 250 g/mol. The lowest BCUT2D eigenvalue weighted by molar-refractivity contribution is 0.0451. The molecule has 4 atom stereocenters. The lowest BCUT2D eigenvalue weighted by atomic mass is 9.72. The summed E-state index contributed by atoms with van der Waals surface area (Å²) in [6.45, 7) is 9.72. The van der Waals surface area contributed by atoms with Crippen molar-refractivity contribution in [3.63, 3.8) is 0 Å². The lowest BCUT2D eigenvalue weighted by Crippen LogP contribution is -2.56. The molecule has 0 spiro atoms. The molecule has 0 aromatic carbocycles. The van der Waals surface area contributed by atoms with E-state index in [9.17, 15) is 0 Å². The highest BCUT2D eigenvalue weighted by atomic mass is 15.2. The molecule has 3 fully saturated rings. The van der Waals surface area contributed by atoms with Crippen molar-refractivity contribution in [2.75, 3.05) is 13.1 Å². The molecule has 0 radical (unpaired) electrons. The van der Waals surface area contributed by atoms with E-state index < -0.39 is 0 Å². The SMILES string of the molecule is CCNC1CCC(C)(C)CC1N1CC2CCC1C2. The van der Waals surface area contributed by atoms with Gasteiger partial charge < -0.3 is 5.32 Å². The minimum Gasteiger partial charge on any atom is -0.313 e. The molecule has 2 saturated carbocycles. The molecule has 0 aromatic rings. The summed E-state index contributed by atoms with van der Waals surface area (Å²) in [4.78, 5) is 2.89. The van der Waals surface area contributed by atoms with E-state index in [1.54, 1.807) is 0 Å². The van der Waals surface area contributed by atoms with Crippen LogP contribution in [0.5, 0.6) is 0 Å². The summed E-state index contributed by atoms with van der Waals surface area (Å²) in [7, 11) is 0. The largest absolute Gasteiger partial charge is 0.313 e. The van der Waals surface area contributed by atoms with Crippen molar-refractivity contribution in [2.24, 2.45) is 11.3 Å². The first-order chi connectivity index (χ1) is 8.59. The minimum absolute atomic E-state index is 0.554. The van der Waals surface area contributed by atoms with Gasteiger partial charge in [0.1, 0.15) is 0 Å². The predicted molar refractivity (Wildman–Crippen MR) is 76.7 cm³/mol. The van der Waals surface area contributed by atoms with E-state index in [1.807, 2.05) is 0 Å². The van der Waals surface area contributed by atoms with Gasteiger partial charge in [0, 0.05) is 24.7 Å². The molecule has 1 saturated heterocycles. The van der Waals surface area contributed by atoms with E-state index in [2.05, 4.69) is 31.0 Å². The fourth-order valence-corrected chi connectivity index (χ4v) is 4.77. The van der Waals surface area contributed by atoms with Crippen LogP contribution in [0.25, 0.3) is 0 Å². The standard InChI is InChI=1S/C16H30N2/c1-4-17-14-7-8-16(2,3)10-15(14)18-11-12-5-6-13(18)9-12/h12-15,17H,4-11H2,1-3H3. The van der Waals surface area contributed by atoms with Crippen LogP contribution in [0.3, 0.4) is 0 Å². The van der Waals surface area contributed by atoms with Crippen LogP contribution in [0.15, 0.2) is 0 Å². The summed E-state index contributed by atoms with van der Waals surface area (Å²) in [5.74, 6) is 1.03. The van der Waals surface area contributed by atoms with Gasteiger partial charge in [-0.2, -0.15) is 0 Å². The molecule has 1 aliphatic heterocycles. The van der Waals surface area contributed by atoms with Gasteiger partial charge in [0.05, 0.1) is 0 Å². The maximum atomic E-state index is 3.77. The van der Waals surface area contributed by atoms with Crippen LogP contribution in [0, 0.1) is 11.3 Å². The molecule has 3 rings (SSSR count). The van der Waals surface area contributed by atoms with Gasteiger partial charge in [0.15, 0.2) is 0 Å². The summed E-state index contributed by atoms with van der Waals surface area (Å²) in [6, 6.07) is 2.49. The highest BCUT2D eigenvalue weighted by Gasteiger charge is 2.46. The summed E-state index contributed by atoms with van der Waals surface area (Å²) in [5.41, 5.74) is 0.554. The Hall–Kier alpha value is -0.0800. The van der Waals surface area contributed by atoms with Gasteiger partial charge in [-0.3, -0.25) is 4.90 Å². The molecule has 0 amide bonds. The smallest absolute Gasteiger partial charge is 0.0257 e. The number of likely N-dealkylation sites (N-methyl/N-ethyl adjacent to an activating group) is 1. The van der Waals surface area contributed by atoms with Crippen molar-refractivity contribution in [1.82, 2.24) is 10.2 Å². The summed E-state index contributed by atoms with van der Waals surface area (Å²) >= 11 is 0. The van der Waals surface area contributed by atoms with Crippen molar-refractivity contribution in [3.05, 3.63) is 0 Å². The van der Waals surface area contributed by atoms with E-state index >= 15 is 0 Å². The van der Waals surface area contributed by atoms with Crippen molar-refractivity contribution >= 4 is 0 Å². The van der Waals surface area contributed by atoms with Crippen LogP contribution in [0.1, 0.15) is 59.3 Å².